The third-order valence-electron chi connectivity index (χ3n) is 4.64. The molecule has 2 rings (SSSR count). The highest BCUT2D eigenvalue weighted by Crippen LogP contribution is 2.37. The number of likely N-dealkylation sites (N-methyl/N-ethyl adjacent to an activating group) is 1. The molecule has 2 unspecified atom stereocenters. The van der Waals surface area contributed by atoms with Crippen molar-refractivity contribution in [1.82, 2.24) is 10.2 Å². The van der Waals surface area contributed by atoms with Crippen molar-refractivity contribution >= 4 is 5.97 Å². The number of carbonyl (C=O) groups excluding carboxylic acids is 1. The van der Waals surface area contributed by atoms with Crippen LogP contribution in [0.5, 0.6) is 0 Å². The lowest BCUT2D eigenvalue weighted by Gasteiger charge is -2.35. The summed E-state index contributed by atoms with van der Waals surface area (Å²) in [5.41, 5.74) is -0.579. The SMILES string of the molecule is CNC(C)(CC(C)N(CC1CC1)C1CC1)C(=O)OC. The number of nitrogens with zero attached hydrogens (tertiary/aromatic N) is 1. The summed E-state index contributed by atoms with van der Waals surface area (Å²) in [7, 11) is 3.30. The summed E-state index contributed by atoms with van der Waals surface area (Å²) in [4.78, 5) is 14.6. The molecule has 2 fully saturated rings. The first-order valence-corrected chi connectivity index (χ1v) is 7.53. The summed E-state index contributed by atoms with van der Waals surface area (Å²) in [5, 5.41) is 3.14. The van der Waals surface area contributed by atoms with Crippen LogP contribution < -0.4 is 5.32 Å². The molecule has 2 atom stereocenters. The van der Waals surface area contributed by atoms with Gasteiger partial charge in [0, 0.05) is 18.6 Å². The summed E-state index contributed by atoms with van der Waals surface area (Å²) in [6.07, 6.45) is 6.23. The molecule has 4 heteroatoms. The highest BCUT2D eigenvalue weighted by molar-refractivity contribution is 5.80. The largest absolute Gasteiger partial charge is 0.468 e. The first kappa shape index (κ1) is 14.8. The fraction of sp³-hybridized carbons (Fsp3) is 0.933. The van der Waals surface area contributed by atoms with Crippen LogP contribution in [-0.4, -0.2) is 49.2 Å². The first-order valence-electron chi connectivity index (χ1n) is 7.53. The highest BCUT2D eigenvalue weighted by atomic mass is 16.5. The van der Waals surface area contributed by atoms with E-state index < -0.39 is 5.54 Å². The van der Waals surface area contributed by atoms with E-state index in [9.17, 15) is 4.79 Å². The first-order chi connectivity index (χ1) is 9.00. The van der Waals surface area contributed by atoms with Crippen molar-refractivity contribution in [3.05, 3.63) is 0 Å². The molecule has 4 nitrogen and oxygen atoms in total. The van der Waals surface area contributed by atoms with Gasteiger partial charge in [0.25, 0.3) is 0 Å². The normalized spacial score (nSPS) is 24.1. The predicted molar refractivity (Wildman–Crippen MR) is 76.0 cm³/mol. The van der Waals surface area contributed by atoms with Gasteiger partial charge in [0.15, 0.2) is 0 Å². The smallest absolute Gasteiger partial charge is 0.325 e. The summed E-state index contributed by atoms with van der Waals surface area (Å²) >= 11 is 0. The van der Waals surface area contributed by atoms with Crippen LogP contribution in [0.2, 0.25) is 0 Å². The Kier molecular flexibility index (Phi) is 4.51. The van der Waals surface area contributed by atoms with Crippen molar-refractivity contribution in [1.29, 1.82) is 0 Å². The van der Waals surface area contributed by atoms with Crippen LogP contribution in [0, 0.1) is 5.92 Å². The van der Waals surface area contributed by atoms with Gasteiger partial charge in [-0.15, -0.1) is 0 Å². The molecular formula is C15H28N2O2. The van der Waals surface area contributed by atoms with Crippen LogP contribution in [0.1, 0.15) is 46.0 Å². The molecule has 2 saturated carbocycles. The topological polar surface area (TPSA) is 41.6 Å². The second-order valence-corrected chi connectivity index (χ2v) is 6.50. The Balaban J connectivity index is 1.95. The molecule has 0 amide bonds. The van der Waals surface area contributed by atoms with Gasteiger partial charge in [0.2, 0.25) is 0 Å². The van der Waals surface area contributed by atoms with Crippen molar-refractivity contribution in [2.24, 2.45) is 5.92 Å². The Morgan fingerprint density at radius 1 is 1.42 bits per heavy atom. The lowest BCUT2D eigenvalue weighted by atomic mass is 9.93. The lowest BCUT2D eigenvalue weighted by molar-refractivity contribution is -0.148. The number of carbonyl (C=O) groups is 1. The van der Waals surface area contributed by atoms with E-state index >= 15 is 0 Å². The van der Waals surface area contributed by atoms with Gasteiger partial charge in [-0.1, -0.05) is 0 Å². The summed E-state index contributed by atoms with van der Waals surface area (Å²) in [6.45, 7) is 5.41. The predicted octanol–water partition coefficient (Wildman–Crippen LogP) is 1.79. The zero-order valence-electron chi connectivity index (χ0n) is 12.7. The number of hydrogen-bond donors (Lipinski definition) is 1. The maximum atomic E-state index is 11.9. The fourth-order valence-corrected chi connectivity index (χ4v) is 2.91. The van der Waals surface area contributed by atoms with E-state index in [0.29, 0.717) is 6.04 Å². The van der Waals surface area contributed by atoms with Gasteiger partial charge in [0.1, 0.15) is 5.54 Å². The Hall–Kier alpha value is -0.610. The number of nitrogens with one attached hydrogen (secondary N) is 1. The number of rotatable bonds is 8. The zero-order chi connectivity index (χ0) is 14.0. The maximum absolute atomic E-state index is 11.9. The standard InChI is InChI=1S/C15H28N2O2/c1-11(9-15(2,16-3)14(18)19-4)17(13-7-8-13)10-12-5-6-12/h11-13,16H,5-10H2,1-4H3. The molecule has 0 spiro atoms. The molecular weight excluding hydrogens is 240 g/mol. The van der Waals surface area contributed by atoms with Gasteiger partial charge in [-0.3, -0.25) is 9.69 Å². The Morgan fingerprint density at radius 2 is 2.05 bits per heavy atom. The lowest BCUT2D eigenvalue weighted by Crippen LogP contribution is -2.53. The van der Waals surface area contributed by atoms with Crippen LogP contribution in [0.15, 0.2) is 0 Å². The van der Waals surface area contributed by atoms with Gasteiger partial charge in [-0.05, 0) is 58.9 Å². The fourth-order valence-electron chi connectivity index (χ4n) is 2.91. The molecule has 0 aromatic rings. The second-order valence-electron chi connectivity index (χ2n) is 6.50. The molecule has 1 N–H and O–H groups in total. The number of hydrogen-bond acceptors (Lipinski definition) is 4. The van der Waals surface area contributed by atoms with Crippen LogP contribution >= 0.6 is 0 Å². The summed E-state index contributed by atoms with van der Waals surface area (Å²) in [6, 6.07) is 1.18. The molecule has 0 heterocycles. The monoisotopic (exact) mass is 268 g/mol. The molecule has 110 valence electrons. The minimum atomic E-state index is -0.579. The van der Waals surface area contributed by atoms with Gasteiger partial charge in [-0.25, -0.2) is 0 Å². The second kappa shape index (κ2) is 5.80. The Bertz CT molecular complexity index is 326. The van der Waals surface area contributed by atoms with Gasteiger partial charge in [-0.2, -0.15) is 0 Å². The summed E-state index contributed by atoms with van der Waals surface area (Å²) in [5.74, 6) is 0.742. The number of methoxy groups -OCH3 is 1. The van der Waals surface area contributed by atoms with E-state index in [1.807, 2.05) is 14.0 Å². The maximum Gasteiger partial charge on any atom is 0.325 e. The van der Waals surface area contributed by atoms with Gasteiger partial charge in [0.05, 0.1) is 7.11 Å². The van der Waals surface area contributed by atoms with E-state index in [4.69, 9.17) is 4.74 Å². The molecule has 2 aliphatic carbocycles. The van der Waals surface area contributed by atoms with Crippen LogP contribution in [0.4, 0.5) is 0 Å². The minimum absolute atomic E-state index is 0.163. The van der Waals surface area contributed by atoms with Crippen molar-refractivity contribution in [2.75, 3.05) is 20.7 Å². The zero-order valence-corrected chi connectivity index (χ0v) is 12.7. The summed E-state index contributed by atoms with van der Waals surface area (Å²) < 4.78 is 4.94. The van der Waals surface area contributed by atoms with Crippen molar-refractivity contribution < 1.29 is 9.53 Å². The van der Waals surface area contributed by atoms with E-state index in [-0.39, 0.29) is 5.97 Å². The molecule has 19 heavy (non-hydrogen) atoms. The third kappa shape index (κ3) is 3.69. The Labute approximate surface area is 116 Å². The van der Waals surface area contributed by atoms with Gasteiger partial charge >= 0.3 is 5.97 Å². The molecule has 0 radical (unpaired) electrons. The minimum Gasteiger partial charge on any atom is -0.468 e. The third-order valence-corrected chi connectivity index (χ3v) is 4.64. The van der Waals surface area contributed by atoms with E-state index in [1.54, 1.807) is 0 Å². The van der Waals surface area contributed by atoms with E-state index in [2.05, 4.69) is 17.1 Å². The Morgan fingerprint density at radius 3 is 2.47 bits per heavy atom. The average molecular weight is 268 g/mol. The van der Waals surface area contributed by atoms with Crippen molar-refractivity contribution in [2.45, 2.75) is 63.6 Å². The number of ether oxygens (including phenoxy) is 1. The highest BCUT2D eigenvalue weighted by Gasteiger charge is 2.40. The van der Waals surface area contributed by atoms with Crippen LogP contribution in [-0.2, 0) is 9.53 Å². The van der Waals surface area contributed by atoms with Crippen molar-refractivity contribution in [3.63, 3.8) is 0 Å². The van der Waals surface area contributed by atoms with Gasteiger partial charge < -0.3 is 10.1 Å². The molecule has 0 aliphatic heterocycles. The molecule has 0 saturated heterocycles. The van der Waals surface area contributed by atoms with Crippen molar-refractivity contribution in [3.8, 4) is 0 Å². The number of esters is 1. The molecule has 0 aromatic heterocycles. The van der Waals surface area contributed by atoms with E-state index in [0.717, 1.165) is 18.4 Å². The molecule has 2 aliphatic rings. The molecule has 0 bridgehead atoms. The quantitative estimate of drug-likeness (QED) is 0.682. The molecule has 0 aromatic carbocycles. The van der Waals surface area contributed by atoms with E-state index in [1.165, 1.54) is 39.3 Å². The average Bonchev–Trinajstić information content (AvgIpc) is 3.27. The van der Waals surface area contributed by atoms with Crippen LogP contribution in [0.25, 0.3) is 0 Å². The van der Waals surface area contributed by atoms with Crippen LogP contribution in [0.3, 0.4) is 0 Å².